The fourth-order valence-corrected chi connectivity index (χ4v) is 3.70. The molecule has 150 valence electrons. The SMILES string of the molecule is Cc1ccc2nc(CNC(=O)C3CCN(C(=O)c4ccc(F)cc4)CC3)[nH]c2c1. The second-order valence-corrected chi connectivity index (χ2v) is 7.50. The second kappa shape index (κ2) is 8.03. The first-order valence-electron chi connectivity index (χ1n) is 9.77. The molecular weight excluding hydrogens is 371 g/mol. The predicted octanol–water partition coefficient (Wildman–Crippen LogP) is 3.18. The average Bonchev–Trinajstić information content (AvgIpc) is 3.14. The van der Waals surface area contributed by atoms with Gasteiger partial charge in [0.15, 0.2) is 0 Å². The van der Waals surface area contributed by atoms with Crippen molar-refractivity contribution < 1.29 is 14.0 Å². The summed E-state index contributed by atoms with van der Waals surface area (Å²) in [5, 5.41) is 2.95. The van der Waals surface area contributed by atoms with E-state index in [1.54, 1.807) is 4.90 Å². The van der Waals surface area contributed by atoms with E-state index in [0.717, 1.165) is 22.4 Å². The van der Waals surface area contributed by atoms with Crippen LogP contribution in [0.2, 0.25) is 0 Å². The summed E-state index contributed by atoms with van der Waals surface area (Å²) in [5.41, 5.74) is 3.46. The van der Waals surface area contributed by atoms with Gasteiger partial charge in [0.25, 0.3) is 5.91 Å². The van der Waals surface area contributed by atoms with Crippen LogP contribution >= 0.6 is 0 Å². The Kier molecular flexibility index (Phi) is 5.29. The molecule has 2 aromatic carbocycles. The first-order valence-corrected chi connectivity index (χ1v) is 9.77. The van der Waals surface area contributed by atoms with Crippen LogP contribution in [0.25, 0.3) is 11.0 Å². The lowest BCUT2D eigenvalue weighted by atomic mass is 9.95. The number of carbonyl (C=O) groups is 2. The van der Waals surface area contributed by atoms with Gasteiger partial charge in [-0.15, -0.1) is 0 Å². The summed E-state index contributed by atoms with van der Waals surface area (Å²) in [6.07, 6.45) is 1.22. The molecule has 4 rings (SSSR count). The van der Waals surface area contributed by atoms with Gasteiger partial charge in [-0.1, -0.05) is 6.07 Å². The number of nitrogens with zero attached hydrogens (tertiary/aromatic N) is 2. The minimum Gasteiger partial charge on any atom is -0.349 e. The van der Waals surface area contributed by atoms with Gasteiger partial charge in [0.05, 0.1) is 17.6 Å². The maximum atomic E-state index is 13.0. The molecule has 0 atom stereocenters. The molecule has 2 amide bonds. The first-order chi connectivity index (χ1) is 14.0. The number of carbonyl (C=O) groups excluding carboxylic acids is 2. The maximum Gasteiger partial charge on any atom is 0.253 e. The lowest BCUT2D eigenvalue weighted by Gasteiger charge is -2.31. The van der Waals surface area contributed by atoms with Crippen molar-refractivity contribution in [2.45, 2.75) is 26.3 Å². The summed E-state index contributed by atoms with van der Waals surface area (Å²) >= 11 is 0. The van der Waals surface area contributed by atoms with Gasteiger partial charge in [-0.05, 0) is 61.7 Å². The van der Waals surface area contributed by atoms with Gasteiger partial charge in [-0.25, -0.2) is 9.37 Å². The predicted molar refractivity (Wildman–Crippen MR) is 108 cm³/mol. The molecule has 1 fully saturated rings. The summed E-state index contributed by atoms with van der Waals surface area (Å²) in [4.78, 5) is 34.5. The van der Waals surface area contributed by atoms with Crippen molar-refractivity contribution in [2.75, 3.05) is 13.1 Å². The van der Waals surface area contributed by atoms with Crippen molar-refractivity contribution in [3.63, 3.8) is 0 Å². The Hall–Kier alpha value is -3.22. The minimum atomic E-state index is -0.364. The number of aromatic nitrogens is 2. The number of piperidine rings is 1. The lowest BCUT2D eigenvalue weighted by molar-refractivity contribution is -0.126. The monoisotopic (exact) mass is 394 g/mol. The molecule has 6 nitrogen and oxygen atoms in total. The number of nitrogens with one attached hydrogen (secondary N) is 2. The summed E-state index contributed by atoms with van der Waals surface area (Å²) in [6, 6.07) is 11.5. The Morgan fingerprint density at radius 2 is 1.90 bits per heavy atom. The molecule has 0 unspecified atom stereocenters. The molecule has 1 aromatic heterocycles. The van der Waals surface area contributed by atoms with E-state index < -0.39 is 0 Å². The number of aryl methyl sites for hydroxylation is 1. The molecule has 7 heteroatoms. The van der Waals surface area contributed by atoms with Gasteiger partial charge >= 0.3 is 0 Å². The molecule has 0 radical (unpaired) electrons. The molecule has 2 heterocycles. The van der Waals surface area contributed by atoms with Crippen LogP contribution in [0.5, 0.6) is 0 Å². The number of imidazole rings is 1. The third-order valence-electron chi connectivity index (χ3n) is 5.36. The number of hydrogen-bond donors (Lipinski definition) is 2. The molecule has 0 bridgehead atoms. The minimum absolute atomic E-state index is 0.0180. The molecule has 0 aliphatic carbocycles. The average molecular weight is 394 g/mol. The van der Waals surface area contributed by atoms with E-state index in [4.69, 9.17) is 0 Å². The third-order valence-corrected chi connectivity index (χ3v) is 5.36. The van der Waals surface area contributed by atoms with Crippen LogP contribution in [0.4, 0.5) is 4.39 Å². The van der Waals surface area contributed by atoms with E-state index in [2.05, 4.69) is 15.3 Å². The molecule has 2 N–H and O–H groups in total. The molecule has 1 aliphatic heterocycles. The van der Waals surface area contributed by atoms with Gasteiger partial charge in [0.1, 0.15) is 11.6 Å². The van der Waals surface area contributed by atoms with Crippen molar-refractivity contribution in [3.05, 3.63) is 65.2 Å². The number of benzene rings is 2. The van der Waals surface area contributed by atoms with Crippen LogP contribution in [0.3, 0.4) is 0 Å². The van der Waals surface area contributed by atoms with E-state index in [1.165, 1.54) is 24.3 Å². The second-order valence-electron chi connectivity index (χ2n) is 7.50. The summed E-state index contributed by atoms with van der Waals surface area (Å²) < 4.78 is 13.0. The fourth-order valence-electron chi connectivity index (χ4n) is 3.70. The number of aromatic amines is 1. The Bertz CT molecular complexity index is 1040. The highest BCUT2D eigenvalue weighted by molar-refractivity contribution is 5.94. The van der Waals surface area contributed by atoms with Crippen LogP contribution in [-0.4, -0.2) is 39.8 Å². The van der Waals surface area contributed by atoms with E-state index in [-0.39, 0.29) is 23.5 Å². The fraction of sp³-hybridized carbons (Fsp3) is 0.318. The molecule has 0 spiro atoms. The highest BCUT2D eigenvalue weighted by Gasteiger charge is 2.27. The normalized spacial score (nSPS) is 14.9. The molecule has 0 saturated carbocycles. The van der Waals surface area contributed by atoms with Gasteiger partial charge in [-0.3, -0.25) is 9.59 Å². The number of halogens is 1. The van der Waals surface area contributed by atoms with E-state index >= 15 is 0 Å². The maximum absolute atomic E-state index is 13.0. The highest BCUT2D eigenvalue weighted by atomic mass is 19.1. The van der Waals surface area contributed by atoms with E-state index in [1.807, 2.05) is 25.1 Å². The quantitative estimate of drug-likeness (QED) is 0.713. The number of rotatable bonds is 4. The van der Waals surface area contributed by atoms with Crippen LogP contribution < -0.4 is 5.32 Å². The molecule has 1 aliphatic rings. The van der Waals surface area contributed by atoms with Crippen LogP contribution in [-0.2, 0) is 11.3 Å². The van der Waals surface area contributed by atoms with Crippen molar-refractivity contribution in [3.8, 4) is 0 Å². The van der Waals surface area contributed by atoms with Crippen LogP contribution in [0.1, 0.15) is 34.6 Å². The van der Waals surface area contributed by atoms with Crippen molar-refractivity contribution in [2.24, 2.45) is 5.92 Å². The van der Waals surface area contributed by atoms with E-state index in [0.29, 0.717) is 38.0 Å². The zero-order valence-electron chi connectivity index (χ0n) is 16.2. The first kappa shape index (κ1) is 19.1. The number of hydrogen-bond acceptors (Lipinski definition) is 3. The van der Waals surface area contributed by atoms with Gasteiger partial charge in [0, 0.05) is 24.6 Å². The number of likely N-dealkylation sites (tertiary alicyclic amines) is 1. The number of fused-ring (bicyclic) bond motifs is 1. The Labute approximate surface area is 168 Å². The summed E-state index contributed by atoms with van der Waals surface area (Å²) in [6.45, 7) is 3.40. The molecular formula is C22H23FN4O2. The van der Waals surface area contributed by atoms with Crippen LogP contribution in [0, 0.1) is 18.7 Å². The van der Waals surface area contributed by atoms with Crippen molar-refractivity contribution in [1.29, 1.82) is 0 Å². The zero-order chi connectivity index (χ0) is 20.4. The largest absolute Gasteiger partial charge is 0.349 e. The Morgan fingerprint density at radius 3 is 2.62 bits per heavy atom. The molecule has 1 saturated heterocycles. The summed E-state index contributed by atoms with van der Waals surface area (Å²) in [7, 11) is 0. The smallest absolute Gasteiger partial charge is 0.253 e. The number of amides is 2. The Balaban J connectivity index is 1.29. The van der Waals surface area contributed by atoms with E-state index in [9.17, 15) is 14.0 Å². The summed E-state index contributed by atoms with van der Waals surface area (Å²) in [5.74, 6) is 0.0928. The third kappa shape index (κ3) is 4.29. The molecule has 3 aromatic rings. The van der Waals surface area contributed by atoms with Crippen molar-refractivity contribution in [1.82, 2.24) is 20.2 Å². The van der Waals surface area contributed by atoms with Gasteiger partial charge < -0.3 is 15.2 Å². The van der Waals surface area contributed by atoms with Gasteiger partial charge in [-0.2, -0.15) is 0 Å². The molecule has 29 heavy (non-hydrogen) atoms. The lowest BCUT2D eigenvalue weighted by Crippen LogP contribution is -2.43. The zero-order valence-corrected chi connectivity index (χ0v) is 16.2. The van der Waals surface area contributed by atoms with Crippen LogP contribution in [0.15, 0.2) is 42.5 Å². The standard InChI is InChI=1S/C22H23FN4O2/c1-14-2-7-18-19(12-14)26-20(25-18)13-24-21(28)15-8-10-27(11-9-15)22(29)16-3-5-17(23)6-4-16/h2-7,12,15H,8-11,13H2,1H3,(H,24,28)(H,25,26). The number of H-pyrrole nitrogens is 1. The highest BCUT2D eigenvalue weighted by Crippen LogP contribution is 2.20. The topological polar surface area (TPSA) is 78.1 Å². The Morgan fingerprint density at radius 1 is 1.17 bits per heavy atom. The van der Waals surface area contributed by atoms with Crippen molar-refractivity contribution >= 4 is 22.8 Å². The van der Waals surface area contributed by atoms with Gasteiger partial charge in [0.2, 0.25) is 5.91 Å².